The van der Waals surface area contributed by atoms with Crippen LogP contribution in [0.3, 0.4) is 0 Å². The monoisotopic (exact) mass is 375 g/mol. The number of benzene rings is 1. The summed E-state index contributed by atoms with van der Waals surface area (Å²) in [7, 11) is 1.85. The number of nitrogens with one attached hydrogen (secondary N) is 1. The number of hydrogen-bond acceptors (Lipinski definition) is 4. The van der Waals surface area contributed by atoms with E-state index in [9.17, 15) is 14.4 Å². The van der Waals surface area contributed by atoms with Gasteiger partial charge in [-0.15, -0.1) is 11.8 Å². The molecule has 0 bridgehead atoms. The molecule has 0 aliphatic carbocycles. The molecule has 140 valence electrons. The Hall–Kier alpha value is -2.02. The van der Waals surface area contributed by atoms with Crippen molar-refractivity contribution in [1.82, 2.24) is 9.80 Å². The Labute approximate surface area is 158 Å². The second-order valence-corrected chi connectivity index (χ2v) is 8.16. The van der Waals surface area contributed by atoms with Gasteiger partial charge in [0.1, 0.15) is 0 Å². The minimum absolute atomic E-state index is 0.0468. The number of anilines is 1. The summed E-state index contributed by atoms with van der Waals surface area (Å²) in [4.78, 5) is 41.1. The number of likely N-dealkylation sites (tertiary alicyclic amines) is 2. The molecule has 1 atom stereocenters. The SMILES string of the molecule is CC(=O)Nc1ccccc1SCC(=O)N1CC[C@@]2(CCCN(C)C2=O)C1. The molecule has 2 fully saturated rings. The van der Waals surface area contributed by atoms with Crippen molar-refractivity contribution in [2.24, 2.45) is 5.41 Å². The van der Waals surface area contributed by atoms with Crippen molar-refractivity contribution in [1.29, 1.82) is 0 Å². The third kappa shape index (κ3) is 3.87. The van der Waals surface area contributed by atoms with Gasteiger partial charge in [0.25, 0.3) is 0 Å². The Morgan fingerprint density at radius 2 is 2.00 bits per heavy atom. The average molecular weight is 375 g/mol. The zero-order chi connectivity index (χ0) is 18.7. The highest BCUT2D eigenvalue weighted by Gasteiger charge is 2.48. The zero-order valence-corrected chi connectivity index (χ0v) is 16.1. The van der Waals surface area contributed by atoms with Gasteiger partial charge in [0.15, 0.2) is 0 Å². The Kier molecular flexibility index (Phi) is 5.55. The third-order valence-electron chi connectivity index (χ3n) is 5.20. The van der Waals surface area contributed by atoms with E-state index in [1.807, 2.05) is 36.2 Å². The van der Waals surface area contributed by atoms with Crippen molar-refractivity contribution in [2.75, 3.05) is 37.8 Å². The summed E-state index contributed by atoms with van der Waals surface area (Å²) in [6, 6.07) is 7.47. The number of hydrogen-bond donors (Lipinski definition) is 1. The average Bonchev–Trinajstić information content (AvgIpc) is 3.03. The van der Waals surface area contributed by atoms with Crippen LogP contribution in [0.5, 0.6) is 0 Å². The Bertz CT molecular complexity index is 724. The molecular weight excluding hydrogens is 350 g/mol. The van der Waals surface area contributed by atoms with Crippen LogP contribution in [-0.4, -0.2) is 60.0 Å². The van der Waals surface area contributed by atoms with Crippen molar-refractivity contribution < 1.29 is 14.4 Å². The van der Waals surface area contributed by atoms with Crippen LogP contribution in [0.2, 0.25) is 0 Å². The van der Waals surface area contributed by atoms with Crippen LogP contribution >= 0.6 is 11.8 Å². The number of thioether (sulfide) groups is 1. The number of carbonyl (C=O) groups excluding carboxylic acids is 3. The van der Waals surface area contributed by atoms with Crippen molar-refractivity contribution >= 4 is 35.2 Å². The van der Waals surface area contributed by atoms with E-state index in [0.717, 1.165) is 36.4 Å². The fourth-order valence-electron chi connectivity index (χ4n) is 3.85. The molecule has 2 heterocycles. The van der Waals surface area contributed by atoms with E-state index in [1.54, 1.807) is 4.90 Å². The van der Waals surface area contributed by atoms with E-state index < -0.39 is 0 Å². The Balaban J connectivity index is 1.60. The predicted octanol–water partition coefficient (Wildman–Crippen LogP) is 2.21. The first-order valence-electron chi connectivity index (χ1n) is 8.94. The molecule has 0 radical (unpaired) electrons. The summed E-state index contributed by atoms with van der Waals surface area (Å²) in [5, 5.41) is 2.79. The highest BCUT2D eigenvalue weighted by atomic mass is 32.2. The zero-order valence-electron chi connectivity index (χ0n) is 15.3. The molecule has 1 spiro atoms. The molecule has 1 aromatic rings. The maximum Gasteiger partial charge on any atom is 0.232 e. The van der Waals surface area contributed by atoms with E-state index in [2.05, 4.69) is 5.32 Å². The second kappa shape index (κ2) is 7.70. The lowest BCUT2D eigenvalue weighted by molar-refractivity contribution is -0.144. The summed E-state index contributed by atoms with van der Waals surface area (Å²) in [6.45, 7) is 3.45. The van der Waals surface area contributed by atoms with Crippen molar-refractivity contribution in [3.05, 3.63) is 24.3 Å². The van der Waals surface area contributed by atoms with Crippen LogP contribution in [0.4, 0.5) is 5.69 Å². The van der Waals surface area contributed by atoms with Crippen LogP contribution in [-0.2, 0) is 14.4 Å². The first-order valence-corrected chi connectivity index (χ1v) is 9.93. The maximum absolute atomic E-state index is 12.7. The van der Waals surface area contributed by atoms with Crippen molar-refractivity contribution in [3.8, 4) is 0 Å². The van der Waals surface area contributed by atoms with Crippen molar-refractivity contribution in [2.45, 2.75) is 31.1 Å². The molecule has 2 saturated heterocycles. The van der Waals surface area contributed by atoms with Gasteiger partial charge in [-0.1, -0.05) is 12.1 Å². The van der Waals surface area contributed by atoms with Gasteiger partial charge in [-0.05, 0) is 31.4 Å². The normalized spacial score (nSPS) is 22.8. The molecule has 2 aliphatic rings. The number of amides is 3. The first-order chi connectivity index (χ1) is 12.4. The molecule has 3 amide bonds. The lowest BCUT2D eigenvalue weighted by Crippen LogP contribution is -2.48. The number of carbonyl (C=O) groups is 3. The summed E-state index contributed by atoms with van der Waals surface area (Å²) in [5.41, 5.74) is 0.348. The molecule has 0 aromatic heterocycles. The van der Waals surface area contributed by atoms with Gasteiger partial charge in [-0.2, -0.15) is 0 Å². The lowest BCUT2D eigenvalue weighted by atomic mass is 9.78. The summed E-state index contributed by atoms with van der Waals surface area (Å²) >= 11 is 1.42. The lowest BCUT2D eigenvalue weighted by Gasteiger charge is -2.37. The van der Waals surface area contributed by atoms with Crippen molar-refractivity contribution in [3.63, 3.8) is 0 Å². The van der Waals surface area contributed by atoms with Gasteiger partial charge >= 0.3 is 0 Å². The third-order valence-corrected chi connectivity index (χ3v) is 6.26. The molecule has 26 heavy (non-hydrogen) atoms. The Morgan fingerprint density at radius 3 is 2.77 bits per heavy atom. The molecular formula is C19H25N3O3S. The number of nitrogens with zero attached hydrogens (tertiary/aromatic N) is 2. The van der Waals surface area contributed by atoms with E-state index in [0.29, 0.717) is 18.8 Å². The summed E-state index contributed by atoms with van der Waals surface area (Å²) in [6.07, 6.45) is 2.64. The Morgan fingerprint density at radius 1 is 1.23 bits per heavy atom. The van der Waals surface area contributed by atoms with Gasteiger partial charge in [0, 0.05) is 38.5 Å². The van der Waals surface area contributed by atoms with Gasteiger partial charge in [0.05, 0.1) is 16.9 Å². The minimum atomic E-state index is -0.374. The minimum Gasteiger partial charge on any atom is -0.345 e. The van der Waals surface area contributed by atoms with E-state index in [-0.39, 0.29) is 23.1 Å². The quantitative estimate of drug-likeness (QED) is 0.819. The topological polar surface area (TPSA) is 69.7 Å². The van der Waals surface area contributed by atoms with Gasteiger partial charge in [-0.3, -0.25) is 14.4 Å². The van der Waals surface area contributed by atoms with E-state index in [4.69, 9.17) is 0 Å². The summed E-state index contributed by atoms with van der Waals surface area (Å²) in [5.74, 6) is 0.399. The molecule has 2 aliphatic heterocycles. The van der Waals surface area contributed by atoms with Gasteiger partial charge < -0.3 is 15.1 Å². The molecule has 1 aromatic carbocycles. The largest absolute Gasteiger partial charge is 0.345 e. The van der Waals surface area contributed by atoms with Gasteiger partial charge in [-0.25, -0.2) is 0 Å². The molecule has 0 unspecified atom stereocenters. The second-order valence-electron chi connectivity index (χ2n) is 7.14. The molecule has 1 N–H and O–H groups in total. The molecule has 6 nitrogen and oxygen atoms in total. The predicted molar refractivity (Wildman–Crippen MR) is 102 cm³/mol. The smallest absolute Gasteiger partial charge is 0.232 e. The fraction of sp³-hybridized carbons (Fsp3) is 0.526. The van der Waals surface area contributed by atoms with E-state index >= 15 is 0 Å². The molecule has 7 heteroatoms. The molecule has 3 rings (SSSR count). The van der Waals surface area contributed by atoms with Crippen LogP contribution in [0.15, 0.2) is 29.2 Å². The fourth-order valence-corrected chi connectivity index (χ4v) is 4.76. The first kappa shape index (κ1) is 18.8. The van der Waals surface area contributed by atoms with E-state index in [1.165, 1.54) is 18.7 Å². The maximum atomic E-state index is 12.7. The highest BCUT2D eigenvalue weighted by molar-refractivity contribution is 8.00. The van der Waals surface area contributed by atoms with Gasteiger partial charge in [0.2, 0.25) is 17.7 Å². The molecule has 0 saturated carbocycles. The number of rotatable bonds is 4. The van der Waals surface area contributed by atoms with Crippen LogP contribution in [0.1, 0.15) is 26.2 Å². The van der Waals surface area contributed by atoms with Crippen LogP contribution in [0.25, 0.3) is 0 Å². The van der Waals surface area contributed by atoms with Crippen LogP contribution in [0, 0.1) is 5.41 Å². The standard InChI is InChI=1S/C19H25N3O3S/c1-14(23)20-15-6-3-4-7-16(15)26-12-17(24)22-11-9-19(13-22)8-5-10-21(2)18(19)25/h3-4,6-7H,5,8-13H2,1-2H3,(H,20,23)/t19-/m0/s1. The number of para-hydroxylation sites is 1. The highest BCUT2D eigenvalue weighted by Crippen LogP contribution is 2.40. The van der Waals surface area contributed by atoms with Crippen LogP contribution < -0.4 is 5.32 Å². The number of piperidine rings is 1. The summed E-state index contributed by atoms with van der Waals surface area (Å²) < 4.78 is 0.